The van der Waals surface area contributed by atoms with Crippen molar-refractivity contribution in [3.05, 3.63) is 72.9 Å². The van der Waals surface area contributed by atoms with Gasteiger partial charge in [0.25, 0.3) is 0 Å². The van der Waals surface area contributed by atoms with E-state index in [1.54, 1.807) is 0 Å². The molecule has 6 heteroatoms. The van der Waals surface area contributed by atoms with Gasteiger partial charge in [0.05, 0.1) is 0 Å². The van der Waals surface area contributed by atoms with Gasteiger partial charge in [-0.1, -0.05) is 344 Å². The van der Waals surface area contributed by atoms with E-state index in [1.807, 2.05) is 0 Å². The molecule has 0 saturated heterocycles. The lowest BCUT2D eigenvalue weighted by Gasteiger charge is -2.18. The number of rotatable bonds is 67. The second-order valence-corrected chi connectivity index (χ2v) is 24.5. The molecule has 1 unspecified atom stereocenters. The van der Waals surface area contributed by atoms with Crippen LogP contribution >= 0.6 is 0 Å². The third-order valence-electron chi connectivity index (χ3n) is 16.2. The number of allylic oxidation sites excluding steroid dienone is 12. The van der Waals surface area contributed by atoms with E-state index in [0.717, 1.165) is 103 Å². The Kier molecular flexibility index (Phi) is 68.6. The van der Waals surface area contributed by atoms with Crippen molar-refractivity contribution in [2.45, 2.75) is 386 Å². The molecule has 0 aromatic heterocycles. The first-order chi connectivity index (χ1) is 41.0. The van der Waals surface area contributed by atoms with Crippen molar-refractivity contribution >= 4 is 17.9 Å². The first-order valence-electron chi connectivity index (χ1n) is 36.4. The van der Waals surface area contributed by atoms with Gasteiger partial charge in [-0.05, 0) is 89.9 Å². The fourth-order valence-electron chi connectivity index (χ4n) is 10.8. The molecule has 0 rings (SSSR count). The molecule has 0 aromatic rings. The highest BCUT2D eigenvalue weighted by Gasteiger charge is 2.19. The average Bonchev–Trinajstić information content (AvgIpc) is 3.50. The molecule has 0 fully saturated rings. The summed E-state index contributed by atoms with van der Waals surface area (Å²) in [6.07, 6.45) is 93.7. The topological polar surface area (TPSA) is 78.9 Å². The van der Waals surface area contributed by atoms with Crippen LogP contribution in [0.4, 0.5) is 0 Å². The summed E-state index contributed by atoms with van der Waals surface area (Å²) in [6.45, 7) is 6.56. The van der Waals surface area contributed by atoms with Crippen LogP contribution in [-0.4, -0.2) is 37.2 Å². The van der Waals surface area contributed by atoms with E-state index in [9.17, 15) is 14.4 Å². The molecule has 0 saturated carbocycles. The van der Waals surface area contributed by atoms with E-state index in [-0.39, 0.29) is 31.1 Å². The molecule has 0 spiro atoms. The third kappa shape index (κ3) is 69.5. The number of esters is 3. The summed E-state index contributed by atoms with van der Waals surface area (Å²) in [6, 6.07) is 0. The average molecular weight is 1160 g/mol. The highest BCUT2D eigenvalue weighted by Crippen LogP contribution is 2.18. The zero-order chi connectivity index (χ0) is 59.9. The van der Waals surface area contributed by atoms with Gasteiger partial charge in [0.2, 0.25) is 0 Å². The molecule has 0 aromatic carbocycles. The summed E-state index contributed by atoms with van der Waals surface area (Å²) in [4.78, 5) is 38.5. The maximum atomic E-state index is 13.0. The summed E-state index contributed by atoms with van der Waals surface area (Å²) >= 11 is 0. The Hall–Kier alpha value is -3.15. The van der Waals surface area contributed by atoms with Gasteiger partial charge in [0.1, 0.15) is 13.2 Å². The van der Waals surface area contributed by atoms with Gasteiger partial charge in [0, 0.05) is 19.3 Å². The minimum absolute atomic E-state index is 0.0817. The number of ether oxygens (including phenoxy) is 3. The number of carbonyl (C=O) groups excluding carboxylic acids is 3. The van der Waals surface area contributed by atoms with Crippen LogP contribution in [0.3, 0.4) is 0 Å². The smallest absolute Gasteiger partial charge is 0.306 e. The van der Waals surface area contributed by atoms with Crippen molar-refractivity contribution in [2.75, 3.05) is 13.2 Å². The number of hydrogen-bond acceptors (Lipinski definition) is 6. The van der Waals surface area contributed by atoms with Gasteiger partial charge in [0.15, 0.2) is 6.10 Å². The van der Waals surface area contributed by atoms with Crippen molar-refractivity contribution in [2.24, 2.45) is 0 Å². The maximum absolute atomic E-state index is 13.0. The molecule has 0 N–H and O–H groups in total. The first kappa shape index (κ1) is 79.8. The Morgan fingerprint density at radius 3 is 0.735 bits per heavy atom. The van der Waals surface area contributed by atoms with Crippen LogP contribution in [-0.2, 0) is 28.6 Å². The standard InChI is InChI=1S/C77H138O6/c1-4-7-10-13-16-19-22-25-28-31-33-35-36-37-38-39-40-42-43-46-49-52-55-58-61-64-67-70-76(79)82-73-74(72-81-75(78)69-66-63-60-57-54-51-48-45-30-27-24-21-18-15-12-9-6-3)83-77(80)71-68-65-62-59-56-53-50-47-44-41-34-32-29-26-23-20-17-14-11-8-5-2/h9,12,18,21,23,26-27,30,32,34,48,51,74H,4-8,10-11,13-17,19-20,22,24-25,28-29,31,33,35-47,49-50,52-73H2,1-3H3/b12-9-,21-18-,26-23-,30-27-,34-32-,51-48-. The Morgan fingerprint density at radius 1 is 0.253 bits per heavy atom. The minimum Gasteiger partial charge on any atom is -0.462 e. The van der Waals surface area contributed by atoms with Crippen molar-refractivity contribution in [3.63, 3.8) is 0 Å². The normalized spacial score (nSPS) is 12.5. The minimum atomic E-state index is -0.789. The monoisotopic (exact) mass is 1160 g/mol. The van der Waals surface area contributed by atoms with Gasteiger partial charge in [-0.3, -0.25) is 14.4 Å². The maximum Gasteiger partial charge on any atom is 0.306 e. The quantitative estimate of drug-likeness (QED) is 0.0261. The zero-order valence-electron chi connectivity index (χ0n) is 55.5. The summed E-state index contributed by atoms with van der Waals surface area (Å²) < 4.78 is 17.0. The molecule has 6 nitrogen and oxygen atoms in total. The number of hydrogen-bond donors (Lipinski definition) is 0. The molecule has 0 aliphatic carbocycles. The lowest BCUT2D eigenvalue weighted by atomic mass is 10.0. The fraction of sp³-hybridized carbons (Fsp3) is 0.805. The molecule has 0 bridgehead atoms. The lowest BCUT2D eigenvalue weighted by Crippen LogP contribution is -2.30. The SMILES string of the molecule is CC/C=C\C/C=C\C/C=C\C/C=C\CCCCCCC(=O)OCC(COC(=O)CCCCCCCCCCCCCCCCCCCCCCCCCCCCC)OC(=O)CCCCCCCCCCC/C=C\C/C=C\CCCCCCC. The van der Waals surface area contributed by atoms with E-state index >= 15 is 0 Å². The van der Waals surface area contributed by atoms with E-state index in [4.69, 9.17) is 14.2 Å². The lowest BCUT2D eigenvalue weighted by molar-refractivity contribution is -0.167. The van der Waals surface area contributed by atoms with Gasteiger partial charge in [-0.25, -0.2) is 0 Å². The van der Waals surface area contributed by atoms with Crippen LogP contribution in [0, 0.1) is 0 Å². The van der Waals surface area contributed by atoms with Crippen LogP contribution in [0.5, 0.6) is 0 Å². The number of carbonyl (C=O) groups is 3. The molecular formula is C77H138O6. The second kappa shape index (κ2) is 71.3. The summed E-state index contributed by atoms with van der Waals surface area (Å²) in [5.41, 5.74) is 0. The molecule has 0 aliphatic heterocycles. The molecule has 482 valence electrons. The van der Waals surface area contributed by atoms with Crippen LogP contribution in [0.2, 0.25) is 0 Å². The molecule has 0 radical (unpaired) electrons. The highest BCUT2D eigenvalue weighted by atomic mass is 16.6. The van der Waals surface area contributed by atoms with Crippen LogP contribution < -0.4 is 0 Å². The molecule has 83 heavy (non-hydrogen) atoms. The zero-order valence-corrected chi connectivity index (χ0v) is 55.5. The first-order valence-corrected chi connectivity index (χ1v) is 36.4. The molecule has 0 amide bonds. The van der Waals surface area contributed by atoms with Crippen LogP contribution in [0.1, 0.15) is 380 Å². The summed E-state index contributed by atoms with van der Waals surface area (Å²) in [5, 5.41) is 0. The molecule has 0 heterocycles. The predicted molar refractivity (Wildman–Crippen MR) is 362 cm³/mol. The summed E-state index contributed by atoms with van der Waals surface area (Å²) in [5.74, 6) is -0.888. The molecule has 1 atom stereocenters. The van der Waals surface area contributed by atoms with E-state index in [2.05, 4.69) is 93.7 Å². The van der Waals surface area contributed by atoms with Gasteiger partial charge >= 0.3 is 17.9 Å². The van der Waals surface area contributed by atoms with Crippen molar-refractivity contribution in [3.8, 4) is 0 Å². The van der Waals surface area contributed by atoms with E-state index in [1.165, 1.54) is 238 Å². The fourth-order valence-corrected chi connectivity index (χ4v) is 10.8. The highest BCUT2D eigenvalue weighted by molar-refractivity contribution is 5.71. The Labute approximate surface area is 516 Å². The number of unbranched alkanes of at least 4 members (excludes halogenated alkanes) is 44. The Bertz CT molecular complexity index is 1520. The van der Waals surface area contributed by atoms with Crippen molar-refractivity contribution in [1.29, 1.82) is 0 Å². The third-order valence-corrected chi connectivity index (χ3v) is 16.2. The van der Waals surface area contributed by atoms with Gasteiger partial charge in [-0.2, -0.15) is 0 Å². The Balaban J connectivity index is 4.31. The molecule has 0 aliphatic rings. The second-order valence-electron chi connectivity index (χ2n) is 24.5. The predicted octanol–water partition coefficient (Wildman–Crippen LogP) is 25.2. The van der Waals surface area contributed by atoms with Gasteiger partial charge < -0.3 is 14.2 Å². The Morgan fingerprint density at radius 2 is 0.470 bits per heavy atom. The van der Waals surface area contributed by atoms with Gasteiger partial charge in [-0.15, -0.1) is 0 Å². The van der Waals surface area contributed by atoms with Crippen molar-refractivity contribution in [1.82, 2.24) is 0 Å². The van der Waals surface area contributed by atoms with Crippen LogP contribution in [0.15, 0.2) is 72.9 Å². The van der Waals surface area contributed by atoms with Crippen molar-refractivity contribution < 1.29 is 28.6 Å². The molecular weight excluding hydrogens is 1020 g/mol. The largest absolute Gasteiger partial charge is 0.462 e. The summed E-state index contributed by atoms with van der Waals surface area (Å²) in [7, 11) is 0. The van der Waals surface area contributed by atoms with E-state index in [0.29, 0.717) is 19.3 Å². The van der Waals surface area contributed by atoms with Crippen LogP contribution in [0.25, 0.3) is 0 Å². The van der Waals surface area contributed by atoms with E-state index < -0.39 is 6.10 Å².